The van der Waals surface area contributed by atoms with Crippen LogP contribution >= 0.6 is 0 Å². The van der Waals surface area contributed by atoms with Crippen LogP contribution in [0.4, 0.5) is 4.79 Å². The first-order valence-corrected chi connectivity index (χ1v) is 6.03. The van der Waals surface area contributed by atoms with Gasteiger partial charge in [-0.25, -0.2) is 9.59 Å². The SMILES string of the molecule is C=CCOC(=O)[C@H](CO)NC(=O)OCc1ccccc1. The maximum atomic E-state index is 11.5. The molecule has 0 bridgehead atoms. The van der Waals surface area contributed by atoms with E-state index in [0.29, 0.717) is 0 Å². The van der Waals surface area contributed by atoms with E-state index in [0.717, 1.165) is 5.56 Å². The van der Waals surface area contributed by atoms with Gasteiger partial charge in [-0.3, -0.25) is 0 Å². The molecule has 2 N–H and O–H groups in total. The van der Waals surface area contributed by atoms with Crippen LogP contribution in [0.2, 0.25) is 0 Å². The molecule has 1 rings (SSSR count). The van der Waals surface area contributed by atoms with Gasteiger partial charge < -0.3 is 19.9 Å². The van der Waals surface area contributed by atoms with E-state index in [1.807, 2.05) is 18.2 Å². The molecule has 6 nitrogen and oxygen atoms in total. The summed E-state index contributed by atoms with van der Waals surface area (Å²) in [5.74, 6) is -0.746. The largest absolute Gasteiger partial charge is 0.460 e. The Morgan fingerprint density at radius 2 is 2.00 bits per heavy atom. The molecule has 0 aliphatic carbocycles. The monoisotopic (exact) mass is 279 g/mol. The van der Waals surface area contributed by atoms with Crippen molar-refractivity contribution in [2.75, 3.05) is 13.2 Å². The van der Waals surface area contributed by atoms with Crippen LogP contribution in [-0.4, -0.2) is 36.4 Å². The van der Waals surface area contributed by atoms with E-state index in [2.05, 4.69) is 11.9 Å². The quantitative estimate of drug-likeness (QED) is 0.574. The lowest BCUT2D eigenvalue weighted by Gasteiger charge is -2.14. The first kappa shape index (κ1) is 15.7. The number of carbonyl (C=O) groups is 2. The summed E-state index contributed by atoms with van der Waals surface area (Å²) in [5, 5.41) is 11.3. The maximum absolute atomic E-state index is 11.5. The van der Waals surface area contributed by atoms with Crippen molar-refractivity contribution in [2.24, 2.45) is 0 Å². The van der Waals surface area contributed by atoms with Gasteiger partial charge in [0.05, 0.1) is 6.61 Å². The van der Waals surface area contributed by atoms with Crippen LogP contribution in [0.5, 0.6) is 0 Å². The average molecular weight is 279 g/mol. The Labute approximate surface area is 117 Å². The van der Waals surface area contributed by atoms with E-state index >= 15 is 0 Å². The number of rotatable bonds is 7. The fourth-order valence-electron chi connectivity index (χ4n) is 1.33. The second-order valence-electron chi connectivity index (χ2n) is 3.86. The molecule has 0 aromatic heterocycles. The molecule has 6 heteroatoms. The van der Waals surface area contributed by atoms with Crippen molar-refractivity contribution >= 4 is 12.1 Å². The minimum atomic E-state index is -1.15. The van der Waals surface area contributed by atoms with Gasteiger partial charge in [0.2, 0.25) is 0 Å². The topological polar surface area (TPSA) is 84.9 Å². The van der Waals surface area contributed by atoms with Gasteiger partial charge in [-0.1, -0.05) is 43.0 Å². The summed E-state index contributed by atoms with van der Waals surface area (Å²) in [6, 6.07) is 7.93. The second-order valence-corrected chi connectivity index (χ2v) is 3.86. The second kappa shape index (κ2) is 8.71. The third-order valence-electron chi connectivity index (χ3n) is 2.32. The van der Waals surface area contributed by atoms with Gasteiger partial charge >= 0.3 is 12.1 Å². The number of aliphatic hydroxyl groups excluding tert-OH is 1. The predicted molar refractivity (Wildman–Crippen MR) is 71.8 cm³/mol. The number of hydrogen-bond acceptors (Lipinski definition) is 5. The molecular weight excluding hydrogens is 262 g/mol. The Bertz CT molecular complexity index is 446. The summed E-state index contributed by atoms with van der Waals surface area (Å²) in [6.07, 6.45) is 0.587. The third-order valence-corrected chi connectivity index (χ3v) is 2.32. The number of carbonyl (C=O) groups excluding carboxylic acids is 2. The van der Waals surface area contributed by atoms with Crippen molar-refractivity contribution in [2.45, 2.75) is 12.6 Å². The summed E-state index contributed by atoms with van der Waals surface area (Å²) >= 11 is 0. The van der Waals surface area contributed by atoms with Gasteiger partial charge in [0.25, 0.3) is 0 Å². The highest BCUT2D eigenvalue weighted by atomic mass is 16.6. The molecule has 0 aliphatic rings. The van der Waals surface area contributed by atoms with Crippen LogP contribution in [-0.2, 0) is 20.9 Å². The molecule has 0 fully saturated rings. The molecule has 0 radical (unpaired) electrons. The highest BCUT2D eigenvalue weighted by molar-refractivity contribution is 5.81. The fourth-order valence-corrected chi connectivity index (χ4v) is 1.33. The van der Waals surface area contributed by atoms with Gasteiger partial charge in [0.1, 0.15) is 13.2 Å². The Kier molecular flexibility index (Phi) is 6.84. The molecule has 0 aliphatic heterocycles. The van der Waals surface area contributed by atoms with Crippen molar-refractivity contribution < 1.29 is 24.2 Å². The van der Waals surface area contributed by atoms with Crippen LogP contribution in [0.15, 0.2) is 43.0 Å². The summed E-state index contributed by atoms with van der Waals surface area (Å²) in [5.41, 5.74) is 0.817. The molecule has 0 spiro atoms. The van der Waals surface area contributed by atoms with Crippen LogP contribution in [0, 0.1) is 0 Å². The zero-order valence-electron chi connectivity index (χ0n) is 11.0. The Morgan fingerprint density at radius 3 is 2.60 bits per heavy atom. The fraction of sp³-hybridized carbons (Fsp3) is 0.286. The van der Waals surface area contributed by atoms with E-state index in [9.17, 15) is 9.59 Å². The lowest BCUT2D eigenvalue weighted by molar-refractivity contribution is -0.145. The van der Waals surface area contributed by atoms with Gasteiger partial charge in [-0.2, -0.15) is 0 Å². The molecule has 1 amide bonds. The van der Waals surface area contributed by atoms with Gasteiger partial charge in [0.15, 0.2) is 6.04 Å². The number of nitrogens with one attached hydrogen (secondary N) is 1. The lowest BCUT2D eigenvalue weighted by atomic mass is 10.2. The molecule has 1 atom stereocenters. The number of hydrogen-bond donors (Lipinski definition) is 2. The molecule has 0 unspecified atom stereocenters. The van der Waals surface area contributed by atoms with Crippen molar-refractivity contribution in [3.8, 4) is 0 Å². The Balaban J connectivity index is 2.39. The van der Waals surface area contributed by atoms with Crippen LogP contribution < -0.4 is 5.32 Å². The minimum absolute atomic E-state index is 0.01000. The lowest BCUT2D eigenvalue weighted by Crippen LogP contribution is -2.44. The van der Waals surface area contributed by atoms with Gasteiger partial charge in [0, 0.05) is 0 Å². The van der Waals surface area contributed by atoms with Crippen molar-refractivity contribution in [3.05, 3.63) is 48.6 Å². The van der Waals surface area contributed by atoms with E-state index in [4.69, 9.17) is 14.6 Å². The zero-order chi connectivity index (χ0) is 14.8. The third kappa shape index (κ3) is 5.53. The van der Waals surface area contributed by atoms with E-state index in [-0.39, 0.29) is 13.2 Å². The standard InChI is InChI=1S/C14H17NO5/c1-2-8-19-13(17)12(9-16)15-14(18)20-10-11-6-4-3-5-7-11/h2-7,12,16H,1,8-10H2,(H,15,18)/t12-/m0/s1. The Hall–Kier alpha value is -2.34. The molecule has 0 saturated heterocycles. The van der Waals surface area contributed by atoms with Crippen molar-refractivity contribution in [1.82, 2.24) is 5.32 Å². The molecule has 0 heterocycles. The molecule has 108 valence electrons. The first-order chi connectivity index (χ1) is 9.67. The Morgan fingerprint density at radius 1 is 1.30 bits per heavy atom. The first-order valence-electron chi connectivity index (χ1n) is 6.03. The van der Waals surface area contributed by atoms with E-state index in [1.165, 1.54) is 6.08 Å². The van der Waals surface area contributed by atoms with Crippen LogP contribution in [0.25, 0.3) is 0 Å². The summed E-state index contributed by atoms with van der Waals surface area (Å²) in [6.45, 7) is 2.90. The minimum Gasteiger partial charge on any atom is -0.460 e. The zero-order valence-corrected chi connectivity index (χ0v) is 11.0. The van der Waals surface area contributed by atoms with E-state index in [1.54, 1.807) is 12.1 Å². The number of ether oxygens (including phenoxy) is 2. The van der Waals surface area contributed by atoms with Gasteiger partial charge in [-0.15, -0.1) is 0 Å². The molecule has 20 heavy (non-hydrogen) atoms. The number of alkyl carbamates (subject to hydrolysis) is 1. The molecule has 1 aromatic rings. The average Bonchev–Trinajstić information content (AvgIpc) is 2.49. The van der Waals surface area contributed by atoms with Crippen LogP contribution in [0.1, 0.15) is 5.56 Å². The smallest absolute Gasteiger partial charge is 0.408 e. The molecular formula is C14H17NO5. The van der Waals surface area contributed by atoms with E-state index < -0.39 is 24.7 Å². The highest BCUT2D eigenvalue weighted by Gasteiger charge is 2.21. The normalized spacial score (nSPS) is 11.2. The number of esters is 1. The number of amides is 1. The number of aliphatic hydroxyl groups is 1. The van der Waals surface area contributed by atoms with Crippen LogP contribution in [0.3, 0.4) is 0 Å². The van der Waals surface area contributed by atoms with Gasteiger partial charge in [-0.05, 0) is 5.56 Å². The maximum Gasteiger partial charge on any atom is 0.408 e. The summed E-state index contributed by atoms with van der Waals surface area (Å²) in [7, 11) is 0. The summed E-state index contributed by atoms with van der Waals surface area (Å²) in [4.78, 5) is 22.9. The van der Waals surface area contributed by atoms with Crippen molar-refractivity contribution in [3.63, 3.8) is 0 Å². The highest BCUT2D eigenvalue weighted by Crippen LogP contribution is 2.01. The molecule has 1 aromatic carbocycles. The van der Waals surface area contributed by atoms with Crippen molar-refractivity contribution in [1.29, 1.82) is 0 Å². The number of benzene rings is 1. The molecule has 0 saturated carbocycles. The predicted octanol–water partition coefficient (Wildman–Crippen LogP) is 1.00. The summed E-state index contributed by atoms with van der Waals surface area (Å²) < 4.78 is 9.65.